The Labute approximate surface area is 124 Å². The summed E-state index contributed by atoms with van der Waals surface area (Å²) in [5, 5.41) is 13.3. The van der Waals surface area contributed by atoms with Crippen molar-refractivity contribution >= 4 is 5.82 Å². The number of hydrogen-bond acceptors (Lipinski definition) is 5. The Balaban J connectivity index is 1.78. The quantitative estimate of drug-likeness (QED) is 0.859. The highest BCUT2D eigenvalue weighted by molar-refractivity contribution is 5.43. The Morgan fingerprint density at radius 2 is 2.24 bits per heavy atom. The van der Waals surface area contributed by atoms with Crippen LogP contribution in [0.1, 0.15) is 30.1 Å². The van der Waals surface area contributed by atoms with Crippen LogP contribution in [0.4, 0.5) is 5.82 Å². The highest BCUT2D eigenvalue weighted by Gasteiger charge is 2.26. The van der Waals surface area contributed by atoms with Crippen LogP contribution in [0.3, 0.4) is 0 Å². The van der Waals surface area contributed by atoms with Crippen molar-refractivity contribution in [3.8, 4) is 6.07 Å². The van der Waals surface area contributed by atoms with Crippen molar-refractivity contribution in [3.63, 3.8) is 0 Å². The summed E-state index contributed by atoms with van der Waals surface area (Å²) >= 11 is 0. The second-order valence-corrected chi connectivity index (χ2v) is 5.39. The summed E-state index contributed by atoms with van der Waals surface area (Å²) in [4.78, 5) is 11.1. The molecule has 0 saturated carbocycles. The molecule has 3 rings (SSSR count). The first-order valence-electron chi connectivity index (χ1n) is 7.18. The molecule has 1 unspecified atom stereocenters. The van der Waals surface area contributed by atoms with Gasteiger partial charge in [-0.15, -0.1) is 0 Å². The Bertz CT molecular complexity index is 666. The molecule has 0 bridgehead atoms. The molecule has 1 aliphatic rings. The predicted molar refractivity (Wildman–Crippen MR) is 78.8 cm³/mol. The smallest absolute Gasteiger partial charge is 0.147 e. The van der Waals surface area contributed by atoms with E-state index < -0.39 is 0 Å². The van der Waals surface area contributed by atoms with Gasteiger partial charge >= 0.3 is 0 Å². The van der Waals surface area contributed by atoms with Crippen LogP contribution >= 0.6 is 0 Å². The maximum Gasteiger partial charge on any atom is 0.147 e. The summed E-state index contributed by atoms with van der Waals surface area (Å²) in [7, 11) is 0. The summed E-state index contributed by atoms with van der Waals surface area (Å²) < 4.78 is 1.97. The summed E-state index contributed by atoms with van der Waals surface area (Å²) in [5.41, 5.74) is 0.595. The average Bonchev–Trinajstić information content (AvgIpc) is 3.06. The zero-order valence-corrected chi connectivity index (χ0v) is 12.3. The molecule has 2 aromatic rings. The predicted octanol–water partition coefficient (Wildman–Crippen LogP) is 1.83. The average molecular weight is 282 g/mol. The van der Waals surface area contributed by atoms with Crippen LogP contribution in [0.2, 0.25) is 0 Å². The zero-order valence-electron chi connectivity index (χ0n) is 12.3. The Hall–Kier alpha value is -2.42. The first-order chi connectivity index (χ1) is 10.2. The first-order valence-corrected chi connectivity index (χ1v) is 7.18. The summed E-state index contributed by atoms with van der Waals surface area (Å²) in [6.45, 7) is 5.72. The Morgan fingerprint density at radius 1 is 1.38 bits per heavy atom. The van der Waals surface area contributed by atoms with E-state index in [1.807, 2.05) is 30.7 Å². The molecule has 21 heavy (non-hydrogen) atoms. The molecule has 6 heteroatoms. The van der Waals surface area contributed by atoms with Crippen molar-refractivity contribution in [1.82, 2.24) is 19.7 Å². The van der Waals surface area contributed by atoms with E-state index in [2.05, 4.69) is 26.0 Å². The molecule has 6 nitrogen and oxygen atoms in total. The van der Waals surface area contributed by atoms with Crippen molar-refractivity contribution in [2.45, 2.75) is 39.3 Å². The number of nitriles is 1. The van der Waals surface area contributed by atoms with Crippen molar-refractivity contribution < 1.29 is 0 Å². The number of aromatic nitrogens is 4. The van der Waals surface area contributed by atoms with Gasteiger partial charge in [0.15, 0.2) is 0 Å². The molecule has 0 aromatic carbocycles. The van der Waals surface area contributed by atoms with Crippen molar-refractivity contribution in [1.29, 1.82) is 5.26 Å². The van der Waals surface area contributed by atoms with Crippen molar-refractivity contribution in [3.05, 3.63) is 35.5 Å². The number of nitrogens with zero attached hydrogens (tertiary/aromatic N) is 6. The summed E-state index contributed by atoms with van der Waals surface area (Å²) in [6.07, 6.45) is 3.91. The van der Waals surface area contributed by atoms with Crippen LogP contribution in [0.15, 0.2) is 18.3 Å². The third kappa shape index (κ3) is 2.72. The molecule has 1 fully saturated rings. The van der Waals surface area contributed by atoms with Gasteiger partial charge in [0.1, 0.15) is 23.5 Å². The highest BCUT2D eigenvalue weighted by Crippen LogP contribution is 2.25. The fraction of sp³-hybridized carbons (Fsp3) is 0.467. The molecule has 0 aliphatic carbocycles. The van der Waals surface area contributed by atoms with Crippen molar-refractivity contribution in [2.24, 2.45) is 0 Å². The molecular formula is C15H18N6. The normalized spacial score (nSPS) is 18.0. The van der Waals surface area contributed by atoms with E-state index in [1.165, 1.54) is 0 Å². The van der Waals surface area contributed by atoms with Crippen LogP contribution in [0, 0.1) is 25.2 Å². The number of anilines is 1. The molecule has 3 heterocycles. The minimum Gasteiger partial charge on any atom is -0.352 e. The lowest BCUT2D eigenvalue weighted by molar-refractivity contribution is 0.495. The molecule has 2 aromatic heterocycles. The highest BCUT2D eigenvalue weighted by atomic mass is 15.4. The molecular weight excluding hydrogens is 264 g/mol. The third-order valence-corrected chi connectivity index (χ3v) is 3.89. The van der Waals surface area contributed by atoms with Gasteiger partial charge < -0.3 is 4.90 Å². The van der Waals surface area contributed by atoms with Gasteiger partial charge in [-0.1, -0.05) is 0 Å². The minimum absolute atomic E-state index is 0.380. The fourth-order valence-corrected chi connectivity index (χ4v) is 2.88. The van der Waals surface area contributed by atoms with Gasteiger partial charge in [-0.05, 0) is 38.8 Å². The van der Waals surface area contributed by atoms with E-state index in [0.29, 0.717) is 11.6 Å². The topological polar surface area (TPSA) is 70.6 Å². The van der Waals surface area contributed by atoms with Crippen LogP contribution in [0.25, 0.3) is 0 Å². The van der Waals surface area contributed by atoms with E-state index in [-0.39, 0.29) is 0 Å². The van der Waals surface area contributed by atoms with Crippen LogP contribution in [0.5, 0.6) is 0 Å². The monoisotopic (exact) mass is 282 g/mol. The molecule has 0 radical (unpaired) electrons. The SMILES string of the molecule is Cc1nc(C)n(CC2CCCN2c2ccc(C#N)cn2)n1. The Morgan fingerprint density at radius 3 is 2.86 bits per heavy atom. The van der Waals surface area contributed by atoms with E-state index in [9.17, 15) is 0 Å². The van der Waals surface area contributed by atoms with E-state index in [0.717, 1.165) is 43.4 Å². The molecule has 1 aliphatic heterocycles. The third-order valence-electron chi connectivity index (χ3n) is 3.89. The molecule has 1 saturated heterocycles. The molecule has 0 N–H and O–H groups in total. The van der Waals surface area contributed by atoms with Crippen LogP contribution < -0.4 is 4.90 Å². The second kappa shape index (κ2) is 5.52. The lowest BCUT2D eigenvalue weighted by Crippen LogP contribution is -2.34. The first kappa shape index (κ1) is 13.6. The van der Waals surface area contributed by atoms with Gasteiger partial charge in [0, 0.05) is 12.7 Å². The minimum atomic E-state index is 0.380. The van der Waals surface area contributed by atoms with Gasteiger partial charge in [0.25, 0.3) is 0 Å². The summed E-state index contributed by atoms with van der Waals surface area (Å²) in [5.74, 6) is 2.70. The lowest BCUT2D eigenvalue weighted by Gasteiger charge is -2.25. The Kier molecular flexibility index (Phi) is 3.57. The number of aryl methyl sites for hydroxylation is 2. The van der Waals surface area contributed by atoms with E-state index >= 15 is 0 Å². The standard InChI is InChI=1S/C15H18N6/c1-11-18-12(2)21(19-11)10-14-4-3-7-20(14)15-6-5-13(8-16)9-17-15/h5-6,9,14H,3-4,7,10H2,1-2H3. The fourth-order valence-electron chi connectivity index (χ4n) is 2.88. The largest absolute Gasteiger partial charge is 0.352 e. The number of rotatable bonds is 3. The van der Waals surface area contributed by atoms with Crippen LogP contribution in [-0.2, 0) is 6.54 Å². The van der Waals surface area contributed by atoms with Gasteiger partial charge in [-0.3, -0.25) is 0 Å². The van der Waals surface area contributed by atoms with Gasteiger partial charge in [-0.25, -0.2) is 14.6 Å². The second-order valence-electron chi connectivity index (χ2n) is 5.39. The molecule has 1 atom stereocenters. The molecule has 0 amide bonds. The van der Waals surface area contributed by atoms with E-state index in [1.54, 1.807) is 6.20 Å². The zero-order chi connectivity index (χ0) is 14.8. The maximum atomic E-state index is 8.85. The lowest BCUT2D eigenvalue weighted by atomic mass is 10.2. The summed E-state index contributed by atoms with van der Waals surface area (Å²) in [6, 6.07) is 6.23. The van der Waals surface area contributed by atoms with Gasteiger partial charge in [0.05, 0.1) is 18.2 Å². The molecule has 108 valence electrons. The van der Waals surface area contributed by atoms with Gasteiger partial charge in [0.2, 0.25) is 0 Å². The van der Waals surface area contributed by atoms with Gasteiger partial charge in [-0.2, -0.15) is 10.4 Å². The number of pyridine rings is 1. The molecule has 0 spiro atoms. The maximum absolute atomic E-state index is 8.85. The van der Waals surface area contributed by atoms with Crippen molar-refractivity contribution in [2.75, 3.05) is 11.4 Å². The van der Waals surface area contributed by atoms with Crippen LogP contribution in [-0.4, -0.2) is 32.3 Å². The van der Waals surface area contributed by atoms with E-state index in [4.69, 9.17) is 5.26 Å². The number of hydrogen-bond donors (Lipinski definition) is 0.